The van der Waals surface area contributed by atoms with E-state index in [0.717, 1.165) is 15.1 Å². The molecule has 0 bridgehead atoms. The zero-order valence-corrected chi connectivity index (χ0v) is 9.04. The lowest BCUT2D eigenvalue weighted by Gasteiger charge is -1.87. The highest BCUT2D eigenvalue weighted by Crippen LogP contribution is 2.28. The van der Waals surface area contributed by atoms with Gasteiger partial charge in [-0.15, -0.1) is 11.3 Å². The molecule has 66 valence electrons. The van der Waals surface area contributed by atoms with Gasteiger partial charge >= 0.3 is 5.97 Å². The van der Waals surface area contributed by atoms with Gasteiger partial charge in [-0.2, -0.15) is 0 Å². The van der Waals surface area contributed by atoms with Gasteiger partial charge in [0.05, 0.1) is 10.2 Å². The van der Waals surface area contributed by atoms with E-state index in [1.807, 2.05) is 6.07 Å². The number of carboxylic acids is 1. The highest BCUT2D eigenvalue weighted by atomic mass is 79.9. The number of carbonyl (C=O) groups is 1. The van der Waals surface area contributed by atoms with E-state index in [9.17, 15) is 4.79 Å². The average Bonchev–Trinajstić information content (AvgIpc) is 2.29. The second kappa shape index (κ2) is 4.05. The third-order valence-corrected chi connectivity index (χ3v) is 3.48. The Morgan fingerprint density at radius 2 is 2.42 bits per heavy atom. The largest absolute Gasteiger partial charge is 0.481 e. The van der Waals surface area contributed by atoms with E-state index in [-0.39, 0.29) is 6.42 Å². The van der Waals surface area contributed by atoms with Crippen LogP contribution in [0.4, 0.5) is 0 Å². The van der Waals surface area contributed by atoms with Crippen LogP contribution in [0.1, 0.15) is 17.4 Å². The first-order valence-corrected chi connectivity index (χ1v) is 5.23. The van der Waals surface area contributed by atoms with Crippen molar-refractivity contribution in [2.45, 2.75) is 19.8 Å². The molecule has 2 nitrogen and oxygen atoms in total. The molecular weight excluding hydrogens is 240 g/mol. The Morgan fingerprint density at radius 1 is 1.75 bits per heavy atom. The fourth-order valence-corrected chi connectivity index (χ4v) is 2.92. The summed E-state index contributed by atoms with van der Waals surface area (Å²) >= 11 is 4.90. The molecule has 12 heavy (non-hydrogen) atoms. The molecule has 0 fully saturated rings. The Bertz CT molecular complexity index is 293. The van der Waals surface area contributed by atoms with Gasteiger partial charge in [-0.25, -0.2) is 0 Å². The van der Waals surface area contributed by atoms with Crippen LogP contribution in [0.5, 0.6) is 0 Å². The minimum Gasteiger partial charge on any atom is -0.481 e. The number of hydrogen-bond acceptors (Lipinski definition) is 2. The third-order valence-electron chi connectivity index (χ3n) is 1.51. The summed E-state index contributed by atoms with van der Waals surface area (Å²) in [5.74, 6) is -0.772. The fraction of sp³-hybridized carbons (Fsp3) is 0.375. The topological polar surface area (TPSA) is 37.3 Å². The summed E-state index contributed by atoms with van der Waals surface area (Å²) in [5, 5.41) is 8.53. The molecule has 0 atom stereocenters. The van der Waals surface area contributed by atoms with Crippen molar-refractivity contribution in [2.75, 3.05) is 0 Å². The second-order valence-electron chi connectivity index (χ2n) is 2.44. The monoisotopic (exact) mass is 248 g/mol. The summed E-state index contributed by atoms with van der Waals surface area (Å²) in [6.07, 6.45) is 1.07. The summed E-state index contributed by atoms with van der Waals surface area (Å²) in [7, 11) is 0. The van der Waals surface area contributed by atoms with Crippen molar-refractivity contribution in [1.82, 2.24) is 0 Å². The van der Waals surface area contributed by atoms with Crippen molar-refractivity contribution in [3.8, 4) is 0 Å². The molecule has 0 radical (unpaired) electrons. The molecule has 0 amide bonds. The molecule has 1 aromatic rings. The van der Waals surface area contributed by atoms with E-state index in [1.165, 1.54) is 16.9 Å². The molecule has 0 saturated carbocycles. The first-order chi connectivity index (χ1) is 5.63. The van der Waals surface area contributed by atoms with Crippen molar-refractivity contribution >= 4 is 33.2 Å². The van der Waals surface area contributed by atoms with Gasteiger partial charge in [-0.1, -0.05) is 6.92 Å². The number of aryl methyl sites for hydroxylation is 1. The molecule has 1 N–H and O–H groups in total. The molecule has 0 unspecified atom stereocenters. The van der Waals surface area contributed by atoms with Gasteiger partial charge in [0.15, 0.2) is 0 Å². The van der Waals surface area contributed by atoms with Gasteiger partial charge in [-0.05, 0) is 34.0 Å². The molecule has 0 aliphatic heterocycles. The molecule has 0 aliphatic rings. The van der Waals surface area contributed by atoms with Crippen molar-refractivity contribution in [3.63, 3.8) is 0 Å². The van der Waals surface area contributed by atoms with Gasteiger partial charge in [0.25, 0.3) is 0 Å². The lowest BCUT2D eigenvalue weighted by molar-refractivity contribution is -0.136. The predicted molar refractivity (Wildman–Crippen MR) is 52.7 cm³/mol. The third kappa shape index (κ3) is 2.32. The van der Waals surface area contributed by atoms with Gasteiger partial charge < -0.3 is 5.11 Å². The van der Waals surface area contributed by atoms with E-state index in [1.54, 1.807) is 0 Å². The SMILES string of the molecule is CCc1cc(CC(=O)O)sc1Br. The maximum atomic E-state index is 10.4. The van der Waals surface area contributed by atoms with Gasteiger partial charge in [-0.3, -0.25) is 4.79 Å². The van der Waals surface area contributed by atoms with Crippen LogP contribution in [0.25, 0.3) is 0 Å². The zero-order valence-electron chi connectivity index (χ0n) is 6.63. The van der Waals surface area contributed by atoms with Crippen LogP contribution in [0, 0.1) is 0 Å². The summed E-state index contributed by atoms with van der Waals surface area (Å²) in [6, 6.07) is 1.95. The standard InChI is InChI=1S/C8H9BrO2S/c1-2-5-3-6(4-7(10)11)12-8(5)9/h3H,2,4H2,1H3,(H,10,11). The molecule has 0 aromatic carbocycles. The second-order valence-corrected chi connectivity index (χ2v) is 4.89. The van der Waals surface area contributed by atoms with Gasteiger partial charge in [0, 0.05) is 4.88 Å². The summed E-state index contributed by atoms with van der Waals surface area (Å²) < 4.78 is 1.06. The summed E-state index contributed by atoms with van der Waals surface area (Å²) in [5.41, 5.74) is 1.19. The van der Waals surface area contributed by atoms with Crippen LogP contribution in [0.15, 0.2) is 9.85 Å². The number of thiophene rings is 1. The Balaban J connectivity index is 2.82. The Kier molecular flexibility index (Phi) is 3.29. The quantitative estimate of drug-likeness (QED) is 0.894. The molecular formula is C8H9BrO2S. The Hall–Kier alpha value is -0.350. The first kappa shape index (κ1) is 9.74. The summed E-state index contributed by atoms with van der Waals surface area (Å²) in [6.45, 7) is 2.05. The van der Waals surface area contributed by atoms with Gasteiger partial charge in [0.1, 0.15) is 0 Å². The predicted octanol–water partition coefficient (Wildman–Crippen LogP) is 2.70. The highest BCUT2D eigenvalue weighted by Gasteiger charge is 2.07. The number of hydrogen-bond donors (Lipinski definition) is 1. The van der Waals surface area contributed by atoms with Crippen LogP contribution in [-0.2, 0) is 17.6 Å². The lowest BCUT2D eigenvalue weighted by Crippen LogP contribution is -1.97. The number of halogens is 1. The van der Waals surface area contributed by atoms with E-state index in [0.29, 0.717) is 0 Å². The van der Waals surface area contributed by atoms with Crippen molar-refractivity contribution in [2.24, 2.45) is 0 Å². The molecule has 0 aliphatic carbocycles. The lowest BCUT2D eigenvalue weighted by atomic mass is 10.2. The van der Waals surface area contributed by atoms with Crippen LogP contribution in [0.3, 0.4) is 0 Å². The van der Waals surface area contributed by atoms with Crippen LogP contribution in [-0.4, -0.2) is 11.1 Å². The number of aliphatic carboxylic acids is 1. The molecule has 1 heterocycles. The van der Waals surface area contributed by atoms with Gasteiger partial charge in [0.2, 0.25) is 0 Å². The number of carboxylic acid groups (broad SMARTS) is 1. The average molecular weight is 249 g/mol. The van der Waals surface area contributed by atoms with E-state index < -0.39 is 5.97 Å². The smallest absolute Gasteiger partial charge is 0.308 e. The minimum atomic E-state index is -0.772. The van der Waals surface area contributed by atoms with Crippen molar-refractivity contribution < 1.29 is 9.90 Å². The molecule has 0 saturated heterocycles. The summed E-state index contributed by atoms with van der Waals surface area (Å²) in [4.78, 5) is 11.3. The van der Waals surface area contributed by atoms with E-state index in [4.69, 9.17) is 5.11 Å². The molecule has 0 spiro atoms. The van der Waals surface area contributed by atoms with E-state index >= 15 is 0 Å². The van der Waals surface area contributed by atoms with Crippen molar-refractivity contribution in [1.29, 1.82) is 0 Å². The fourth-order valence-electron chi connectivity index (χ4n) is 0.938. The van der Waals surface area contributed by atoms with Crippen LogP contribution in [0.2, 0.25) is 0 Å². The normalized spacial score (nSPS) is 10.2. The minimum absolute atomic E-state index is 0.128. The van der Waals surface area contributed by atoms with Crippen LogP contribution < -0.4 is 0 Å². The maximum Gasteiger partial charge on any atom is 0.308 e. The highest BCUT2D eigenvalue weighted by molar-refractivity contribution is 9.11. The van der Waals surface area contributed by atoms with Crippen molar-refractivity contribution in [3.05, 3.63) is 20.3 Å². The molecule has 1 rings (SSSR count). The first-order valence-electron chi connectivity index (χ1n) is 3.62. The Morgan fingerprint density at radius 3 is 2.83 bits per heavy atom. The molecule has 4 heteroatoms. The number of rotatable bonds is 3. The van der Waals surface area contributed by atoms with E-state index in [2.05, 4.69) is 22.9 Å². The zero-order chi connectivity index (χ0) is 9.14. The molecule has 1 aromatic heterocycles. The van der Waals surface area contributed by atoms with Crippen LogP contribution >= 0.6 is 27.3 Å². The maximum absolute atomic E-state index is 10.4. The Labute approximate surface area is 83.4 Å².